The third kappa shape index (κ3) is 2.64. The van der Waals surface area contributed by atoms with Crippen LogP contribution in [0.2, 0.25) is 0 Å². The van der Waals surface area contributed by atoms with Crippen molar-refractivity contribution in [2.24, 2.45) is 16.1 Å². The van der Waals surface area contributed by atoms with E-state index in [1.54, 1.807) is 0 Å². The van der Waals surface area contributed by atoms with Gasteiger partial charge in [-0.1, -0.05) is 38.1 Å². The molecular weight excluding hydrogens is 252 g/mol. The van der Waals surface area contributed by atoms with Gasteiger partial charge in [-0.2, -0.15) is 10.2 Å². The van der Waals surface area contributed by atoms with Gasteiger partial charge in [0.2, 0.25) is 0 Å². The lowest BCUT2D eigenvalue weighted by Gasteiger charge is -2.17. The summed E-state index contributed by atoms with van der Waals surface area (Å²) >= 11 is 0. The van der Waals surface area contributed by atoms with Gasteiger partial charge in [-0.15, -0.1) is 0 Å². The summed E-state index contributed by atoms with van der Waals surface area (Å²) in [5.74, 6) is -0.485. The lowest BCUT2D eigenvalue weighted by atomic mass is 9.87. The fraction of sp³-hybridized carbons (Fsp3) is 0.438. The second-order valence-electron chi connectivity index (χ2n) is 5.15. The maximum Gasteiger partial charge on any atom is 0.319 e. The first-order chi connectivity index (χ1) is 9.56. The van der Waals surface area contributed by atoms with Crippen LogP contribution in [0.3, 0.4) is 0 Å². The number of carbonyl (C=O) groups excluding carboxylic acids is 1. The zero-order valence-corrected chi connectivity index (χ0v) is 12.4. The highest BCUT2D eigenvalue weighted by molar-refractivity contribution is 6.12. The molecule has 0 saturated carbocycles. The average molecular weight is 272 g/mol. The Morgan fingerprint density at radius 3 is 2.65 bits per heavy atom. The van der Waals surface area contributed by atoms with Crippen molar-refractivity contribution in [3.05, 3.63) is 35.4 Å². The number of hydrogen-bond donors (Lipinski definition) is 0. The Kier molecular flexibility index (Phi) is 4.32. The van der Waals surface area contributed by atoms with E-state index in [-0.39, 0.29) is 11.9 Å². The van der Waals surface area contributed by atoms with Crippen molar-refractivity contribution in [2.45, 2.75) is 33.6 Å². The SMILES string of the molecule is CCOC(=O)[C@@H]1C(C)=NN=C(C(C)C)c2ccccc21. The summed E-state index contributed by atoms with van der Waals surface area (Å²) in [7, 11) is 0. The van der Waals surface area contributed by atoms with E-state index < -0.39 is 5.92 Å². The van der Waals surface area contributed by atoms with E-state index in [1.807, 2.05) is 38.1 Å². The number of ether oxygens (including phenoxy) is 1. The summed E-state index contributed by atoms with van der Waals surface area (Å²) in [5, 5.41) is 8.56. The molecular formula is C16H20N2O2. The molecule has 20 heavy (non-hydrogen) atoms. The van der Waals surface area contributed by atoms with E-state index in [2.05, 4.69) is 24.1 Å². The summed E-state index contributed by atoms with van der Waals surface area (Å²) in [4.78, 5) is 12.2. The van der Waals surface area contributed by atoms with Gasteiger partial charge < -0.3 is 4.74 Å². The minimum Gasteiger partial charge on any atom is -0.465 e. The van der Waals surface area contributed by atoms with Gasteiger partial charge in [0, 0.05) is 5.56 Å². The van der Waals surface area contributed by atoms with E-state index in [1.165, 1.54) is 0 Å². The number of rotatable bonds is 3. The molecule has 0 bridgehead atoms. The number of carbonyl (C=O) groups is 1. The average Bonchev–Trinajstić information content (AvgIpc) is 2.55. The van der Waals surface area contributed by atoms with Crippen LogP contribution in [0.5, 0.6) is 0 Å². The van der Waals surface area contributed by atoms with Gasteiger partial charge in [-0.05, 0) is 25.3 Å². The number of fused-ring (bicyclic) bond motifs is 1. The molecule has 0 fully saturated rings. The molecule has 106 valence electrons. The highest BCUT2D eigenvalue weighted by Gasteiger charge is 2.30. The molecule has 1 aromatic carbocycles. The molecule has 0 N–H and O–H groups in total. The first-order valence-electron chi connectivity index (χ1n) is 6.94. The maximum atomic E-state index is 12.2. The molecule has 0 aromatic heterocycles. The third-order valence-corrected chi connectivity index (χ3v) is 3.35. The van der Waals surface area contributed by atoms with Gasteiger partial charge in [0.25, 0.3) is 0 Å². The lowest BCUT2D eigenvalue weighted by Crippen LogP contribution is -2.23. The van der Waals surface area contributed by atoms with Crippen molar-refractivity contribution in [3.63, 3.8) is 0 Å². The highest BCUT2D eigenvalue weighted by atomic mass is 16.5. The van der Waals surface area contributed by atoms with Crippen molar-refractivity contribution < 1.29 is 9.53 Å². The number of esters is 1. The Labute approximate surface area is 119 Å². The fourth-order valence-corrected chi connectivity index (χ4v) is 2.40. The maximum absolute atomic E-state index is 12.2. The van der Waals surface area contributed by atoms with Crippen molar-refractivity contribution in [1.29, 1.82) is 0 Å². The molecule has 1 aromatic rings. The van der Waals surface area contributed by atoms with Crippen molar-refractivity contribution in [2.75, 3.05) is 6.61 Å². The van der Waals surface area contributed by atoms with Gasteiger partial charge in [-0.3, -0.25) is 4.79 Å². The molecule has 0 unspecified atom stereocenters. The molecule has 0 saturated heterocycles. The van der Waals surface area contributed by atoms with Gasteiger partial charge >= 0.3 is 5.97 Å². The number of hydrogen-bond acceptors (Lipinski definition) is 4. The van der Waals surface area contributed by atoms with Crippen LogP contribution in [0.1, 0.15) is 44.7 Å². The highest BCUT2D eigenvalue weighted by Crippen LogP contribution is 2.28. The van der Waals surface area contributed by atoms with Crippen LogP contribution >= 0.6 is 0 Å². The monoisotopic (exact) mass is 272 g/mol. The first kappa shape index (κ1) is 14.4. The normalized spacial score (nSPS) is 17.9. The summed E-state index contributed by atoms with van der Waals surface area (Å²) in [6.45, 7) is 8.15. The largest absolute Gasteiger partial charge is 0.465 e. The van der Waals surface area contributed by atoms with E-state index in [0.29, 0.717) is 12.3 Å². The van der Waals surface area contributed by atoms with Crippen molar-refractivity contribution in [1.82, 2.24) is 0 Å². The second kappa shape index (κ2) is 5.99. The van der Waals surface area contributed by atoms with Gasteiger partial charge in [0.15, 0.2) is 0 Å². The fourth-order valence-electron chi connectivity index (χ4n) is 2.40. The van der Waals surface area contributed by atoms with Crippen LogP contribution in [0, 0.1) is 5.92 Å². The Balaban J connectivity index is 2.57. The van der Waals surface area contributed by atoms with Crippen LogP contribution < -0.4 is 0 Å². The summed E-state index contributed by atoms with van der Waals surface area (Å²) in [6, 6.07) is 7.84. The predicted molar refractivity (Wildman–Crippen MR) is 80.3 cm³/mol. The molecule has 0 aliphatic carbocycles. The zero-order chi connectivity index (χ0) is 14.7. The Morgan fingerprint density at radius 2 is 2.00 bits per heavy atom. The molecule has 0 spiro atoms. The van der Waals surface area contributed by atoms with Crippen LogP contribution in [0.4, 0.5) is 0 Å². The Bertz CT molecular complexity index is 574. The van der Waals surface area contributed by atoms with E-state index in [4.69, 9.17) is 4.74 Å². The van der Waals surface area contributed by atoms with Gasteiger partial charge in [-0.25, -0.2) is 0 Å². The van der Waals surface area contributed by atoms with Crippen LogP contribution in [-0.2, 0) is 9.53 Å². The second-order valence-corrected chi connectivity index (χ2v) is 5.15. The molecule has 1 heterocycles. The molecule has 0 radical (unpaired) electrons. The lowest BCUT2D eigenvalue weighted by molar-refractivity contribution is -0.143. The van der Waals surface area contributed by atoms with E-state index in [0.717, 1.165) is 16.8 Å². The molecule has 1 aliphatic heterocycles. The standard InChI is InChI=1S/C16H20N2O2/c1-5-20-16(19)14-11(4)17-18-15(10(2)3)13-9-7-6-8-12(13)14/h6-10,14H,5H2,1-4H3/t14-/m1/s1. The Morgan fingerprint density at radius 1 is 1.30 bits per heavy atom. The number of nitrogens with zero attached hydrogens (tertiary/aromatic N) is 2. The minimum atomic E-state index is -0.467. The van der Waals surface area contributed by atoms with Crippen LogP contribution in [0.15, 0.2) is 34.5 Å². The summed E-state index contributed by atoms with van der Waals surface area (Å²) in [5.41, 5.74) is 3.50. The minimum absolute atomic E-state index is 0.244. The topological polar surface area (TPSA) is 51.0 Å². The van der Waals surface area contributed by atoms with E-state index >= 15 is 0 Å². The van der Waals surface area contributed by atoms with Crippen molar-refractivity contribution >= 4 is 17.4 Å². The first-order valence-corrected chi connectivity index (χ1v) is 6.94. The van der Waals surface area contributed by atoms with Gasteiger partial charge in [0.1, 0.15) is 5.92 Å². The Hall–Kier alpha value is -1.97. The quantitative estimate of drug-likeness (QED) is 0.793. The molecule has 1 aliphatic rings. The van der Waals surface area contributed by atoms with Crippen LogP contribution in [-0.4, -0.2) is 24.0 Å². The van der Waals surface area contributed by atoms with Gasteiger partial charge in [0.05, 0.1) is 18.0 Å². The predicted octanol–water partition coefficient (Wildman–Crippen LogP) is 3.17. The zero-order valence-electron chi connectivity index (χ0n) is 12.4. The smallest absolute Gasteiger partial charge is 0.319 e. The molecule has 0 amide bonds. The van der Waals surface area contributed by atoms with Crippen molar-refractivity contribution in [3.8, 4) is 0 Å². The molecule has 1 atom stereocenters. The summed E-state index contributed by atoms with van der Waals surface area (Å²) < 4.78 is 5.19. The van der Waals surface area contributed by atoms with Crippen LogP contribution in [0.25, 0.3) is 0 Å². The third-order valence-electron chi connectivity index (χ3n) is 3.35. The van der Waals surface area contributed by atoms with E-state index in [9.17, 15) is 4.79 Å². The molecule has 2 rings (SSSR count). The molecule has 4 heteroatoms. The molecule has 4 nitrogen and oxygen atoms in total. The summed E-state index contributed by atoms with van der Waals surface area (Å²) in [6.07, 6.45) is 0. The number of benzene rings is 1.